The van der Waals surface area contributed by atoms with Gasteiger partial charge in [-0.15, -0.1) is 0 Å². The van der Waals surface area contributed by atoms with Gasteiger partial charge in [-0.2, -0.15) is 0 Å². The molecule has 96 valence electrons. The second-order valence-electron chi connectivity index (χ2n) is 5.30. The molecule has 1 aromatic carbocycles. The minimum Gasteiger partial charge on any atom is -0.443 e. The van der Waals surface area contributed by atoms with Gasteiger partial charge in [-0.25, -0.2) is 4.79 Å². The van der Waals surface area contributed by atoms with Crippen LogP contribution < -0.4 is 0 Å². The van der Waals surface area contributed by atoms with Crippen molar-refractivity contribution in [2.24, 2.45) is 0 Å². The highest BCUT2D eigenvalue weighted by molar-refractivity contribution is 9.10. The predicted octanol–water partition coefficient (Wildman–Crippen LogP) is 4.50. The number of fused-ring (bicyclic) bond motifs is 1. The fraction of sp³-hybridized carbons (Fsp3) is 0.357. The van der Waals surface area contributed by atoms with Gasteiger partial charge in [0.1, 0.15) is 5.60 Å². The Labute approximate surface area is 115 Å². The van der Waals surface area contributed by atoms with E-state index in [-0.39, 0.29) is 6.09 Å². The zero-order valence-electron chi connectivity index (χ0n) is 11.0. The Kier molecular flexibility index (Phi) is 3.23. The van der Waals surface area contributed by atoms with Crippen molar-refractivity contribution in [3.8, 4) is 0 Å². The maximum absolute atomic E-state index is 12.1. The lowest BCUT2D eigenvalue weighted by atomic mass is 10.2. The highest BCUT2D eigenvalue weighted by Crippen LogP contribution is 2.28. The molecule has 0 saturated carbocycles. The summed E-state index contributed by atoms with van der Waals surface area (Å²) in [5.74, 6) is 0. The first-order valence-corrected chi connectivity index (χ1v) is 6.58. The van der Waals surface area contributed by atoms with E-state index in [1.807, 2.05) is 45.9 Å². The van der Waals surface area contributed by atoms with Gasteiger partial charge >= 0.3 is 6.09 Å². The summed E-state index contributed by atoms with van der Waals surface area (Å²) >= 11 is 3.54. The van der Waals surface area contributed by atoms with E-state index < -0.39 is 5.60 Å². The molecule has 1 heterocycles. The van der Waals surface area contributed by atoms with Crippen molar-refractivity contribution in [1.29, 1.82) is 0 Å². The van der Waals surface area contributed by atoms with Gasteiger partial charge in [-0.3, -0.25) is 4.57 Å². The van der Waals surface area contributed by atoms with E-state index >= 15 is 0 Å². The number of aromatic nitrogens is 1. The average Bonchev–Trinajstić information content (AvgIpc) is 2.65. The Morgan fingerprint density at radius 1 is 1.28 bits per heavy atom. The summed E-state index contributed by atoms with van der Waals surface area (Å²) in [7, 11) is 0. The highest BCUT2D eigenvalue weighted by atomic mass is 79.9. The van der Waals surface area contributed by atoms with E-state index in [0.29, 0.717) is 0 Å². The zero-order valence-corrected chi connectivity index (χ0v) is 12.5. The Hall–Kier alpha value is -1.29. The Balaban J connectivity index is 2.48. The van der Waals surface area contributed by atoms with Gasteiger partial charge in [-0.1, -0.05) is 6.07 Å². The fourth-order valence-corrected chi connectivity index (χ4v) is 2.23. The van der Waals surface area contributed by atoms with Crippen LogP contribution in [0.3, 0.4) is 0 Å². The summed E-state index contributed by atoms with van der Waals surface area (Å²) in [6, 6.07) is 5.82. The second-order valence-corrected chi connectivity index (χ2v) is 6.09. The van der Waals surface area contributed by atoms with Crippen LogP contribution in [0.2, 0.25) is 0 Å². The SMILES string of the molecule is Cc1ccc2c(ccn2C(=O)OC(C)(C)C)c1Br. The summed E-state index contributed by atoms with van der Waals surface area (Å²) in [6.07, 6.45) is 1.39. The van der Waals surface area contributed by atoms with E-state index in [9.17, 15) is 4.79 Å². The third kappa shape index (κ3) is 2.43. The standard InChI is InChI=1S/C14H16BrNO2/c1-9-5-6-11-10(12(9)15)7-8-16(11)13(17)18-14(2,3)4/h5-8H,1-4H3. The number of nitrogens with zero attached hydrogens (tertiary/aromatic N) is 1. The van der Waals surface area contributed by atoms with E-state index in [0.717, 1.165) is 20.9 Å². The topological polar surface area (TPSA) is 31.2 Å². The van der Waals surface area contributed by atoms with Crippen LogP contribution in [0, 0.1) is 6.92 Å². The molecule has 0 aliphatic carbocycles. The van der Waals surface area contributed by atoms with Crippen LogP contribution in [0.25, 0.3) is 10.9 Å². The number of hydrogen-bond donors (Lipinski definition) is 0. The van der Waals surface area contributed by atoms with Crippen LogP contribution in [-0.4, -0.2) is 16.3 Å². The molecule has 4 heteroatoms. The van der Waals surface area contributed by atoms with Crippen molar-refractivity contribution >= 4 is 32.9 Å². The van der Waals surface area contributed by atoms with E-state index in [1.54, 1.807) is 6.20 Å². The predicted molar refractivity (Wildman–Crippen MR) is 76.0 cm³/mol. The molecule has 0 fully saturated rings. The number of rotatable bonds is 0. The molecule has 0 saturated heterocycles. The average molecular weight is 310 g/mol. The molecule has 0 radical (unpaired) electrons. The smallest absolute Gasteiger partial charge is 0.418 e. The number of aryl methyl sites for hydroxylation is 1. The van der Waals surface area contributed by atoms with Gasteiger partial charge in [0.05, 0.1) is 5.52 Å². The normalized spacial score (nSPS) is 11.8. The Morgan fingerprint density at radius 2 is 1.94 bits per heavy atom. The first-order valence-electron chi connectivity index (χ1n) is 5.79. The van der Waals surface area contributed by atoms with E-state index in [4.69, 9.17) is 4.74 Å². The van der Waals surface area contributed by atoms with Crippen LogP contribution in [-0.2, 0) is 4.74 Å². The van der Waals surface area contributed by atoms with Crippen LogP contribution in [0.15, 0.2) is 28.9 Å². The molecule has 0 amide bonds. The van der Waals surface area contributed by atoms with Gasteiger partial charge in [-0.05, 0) is 61.3 Å². The van der Waals surface area contributed by atoms with Crippen molar-refractivity contribution in [2.75, 3.05) is 0 Å². The largest absolute Gasteiger partial charge is 0.443 e. The van der Waals surface area contributed by atoms with Crippen LogP contribution in [0.4, 0.5) is 4.79 Å². The number of hydrogen-bond acceptors (Lipinski definition) is 2. The van der Waals surface area contributed by atoms with Crippen LogP contribution >= 0.6 is 15.9 Å². The van der Waals surface area contributed by atoms with Gasteiger partial charge in [0.2, 0.25) is 0 Å². The molecule has 0 N–H and O–H groups in total. The molecule has 0 aliphatic heterocycles. The fourth-order valence-electron chi connectivity index (χ4n) is 1.76. The monoisotopic (exact) mass is 309 g/mol. The molecule has 3 nitrogen and oxygen atoms in total. The number of carbonyl (C=O) groups excluding carboxylic acids is 1. The van der Waals surface area contributed by atoms with Crippen molar-refractivity contribution in [3.63, 3.8) is 0 Å². The molecule has 0 spiro atoms. The molecule has 0 unspecified atom stereocenters. The molecule has 0 bridgehead atoms. The maximum atomic E-state index is 12.1. The van der Waals surface area contributed by atoms with E-state index in [1.165, 1.54) is 4.57 Å². The van der Waals surface area contributed by atoms with Crippen molar-refractivity contribution in [3.05, 3.63) is 34.4 Å². The van der Waals surface area contributed by atoms with Crippen molar-refractivity contribution < 1.29 is 9.53 Å². The molecule has 0 atom stereocenters. The van der Waals surface area contributed by atoms with Crippen molar-refractivity contribution in [1.82, 2.24) is 4.57 Å². The Morgan fingerprint density at radius 3 is 2.56 bits per heavy atom. The first-order chi connectivity index (χ1) is 8.29. The molecule has 2 rings (SSSR count). The Bertz CT molecular complexity index is 608. The van der Waals surface area contributed by atoms with E-state index in [2.05, 4.69) is 15.9 Å². The maximum Gasteiger partial charge on any atom is 0.418 e. The number of ether oxygens (including phenoxy) is 1. The van der Waals surface area contributed by atoms with Crippen LogP contribution in [0.1, 0.15) is 26.3 Å². The minimum absolute atomic E-state index is 0.353. The summed E-state index contributed by atoms with van der Waals surface area (Å²) in [5, 5.41) is 1.01. The third-order valence-corrected chi connectivity index (χ3v) is 3.64. The number of benzene rings is 1. The summed E-state index contributed by atoms with van der Waals surface area (Å²) < 4.78 is 7.92. The summed E-state index contributed by atoms with van der Waals surface area (Å²) in [5.41, 5.74) is 1.50. The molecular formula is C14H16BrNO2. The van der Waals surface area contributed by atoms with Crippen molar-refractivity contribution in [2.45, 2.75) is 33.3 Å². The molecule has 1 aromatic heterocycles. The van der Waals surface area contributed by atoms with Crippen LogP contribution in [0.5, 0.6) is 0 Å². The lowest BCUT2D eigenvalue weighted by Gasteiger charge is -2.19. The second kappa shape index (κ2) is 4.43. The molecule has 2 aromatic rings. The zero-order chi connectivity index (χ0) is 13.5. The molecular weight excluding hydrogens is 294 g/mol. The van der Waals surface area contributed by atoms with Gasteiger partial charge in [0.15, 0.2) is 0 Å². The van der Waals surface area contributed by atoms with Gasteiger partial charge in [0, 0.05) is 16.1 Å². The number of carbonyl (C=O) groups is 1. The minimum atomic E-state index is -0.490. The lowest BCUT2D eigenvalue weighted by Crippen LogP contribution is -2.26. The molecule has 18 heavy (non-hydrogen) atoms. The summed E-state index contributed by atoms with van der Waals surface area (Å²) in [6.45, 7) is 7.60. The number of halogens is 1. The van der Waals surface area contributed by atoms with Gasteiger partial charge < -0.3 is 4.74 Å². The third-order valence-electron chi connectivity index (χ3n) is 2.59. The lowest BCUT2D eigenvalue weighted by molar-refractivity contribution is 0.0544. The first kappa shape index (κ1) is 13.1. The summed E-state index contributed by atoms with van der Waals surface area (Å²) in [4.78, 5) is 12.1. The highest BCUT2D eigenvalue weighted by Gasteiger charge is 2.19. The van der Waals surface area contributed by atoms with Gasteiger partial charge in [0.25, 0.3) is 0 Å². The quantitative estimate of drug-likeness (QED) is 0.717. The molecule has 0 aliphatic rings.